The Hall–Kier alpha value is -1.69. The van der Waals surface area contributed by atoms with Gasteiger partial charge in [0.15, 0.2) is 5.78 Å². The van der Waals surface area contributed by atoms with Crippen LogP contribution in [0.25, 0.3) is 0 Å². The number of hydrogen-bond donors (Lipinski definition) is 0. The standard InChI is InChI=1S/C22H27BO4/c1-15(23-26-20(2,3)21(4,5)27-23)18-14-25-22(16-9-7-6-8-10-16)12-11-17(24)13-19(18)22/h6-12,19H,13-14H2,1-5H3/b18-15-/t19-,22+/m0/s1. The molecule has 2 fully saturated rings. The first-order chi connectivity index (χ1) is 12.7. The summed E-state index contributed by atoms with van der Waals surface area (Å²) >= 11 is 0. The van der Waals surface area contributed by atoms with Gasteiger partial charge in [-0.25, -0.2) is 0 Å². The molecule has 5 heteroatoms. The Bertz CT molecular complexity index is 808. The van der Waals surface area contributed by atoms with Crippen molar-refractivity contribution in [1.29, 1.82) is 0 Å². The van der Waals surface area contributed by atoms with Gasteiger partial charge >= 0.3 is 7.12 Å². The highest BCUT2D eigenvalue weighted by Gasteiger charge is 2.55. The second-order valence-corrected chi connectivity index (χ2v) is 8.80. The molecule has 2 aliphatic heterocycles. The summed E-state index contributed by atoms with van der Waals surface area (Å²) in [5, 5.41) is 0. The maximum absolute atomic E-state index is 12.2. The fourth-order valence-electron chi connectivity index (χ4n) is 4.22. The van der Waals surface area contributed by atoms with Crippen LogP contribution in [0.3, 0.4) is 0 Å². The molecule has 1 aromatic rings. The number of fused-ring (bicyclic) bond motifs is 1. The van der Waals surface area contributed by atoms with Gasteiger partial charge in [-0.1, -0.05) is 30.3 Å². The molecule has 0 unspecified atom stereocenters. The van der Waals surface area contributed by atoms with Gasteiger partial charge in [0.2, 0.25) is 0 Å². The summed E-state index contributed by atoms with van der Waals surface area (Å²) in [5.41, 5.74) is 1.86. The summed E-state index contributed by atoms with van der Waals surface area (Å²) in [7, 11) is -0.416. The predicted molar refractivity (Wildman–Crippen MR) is 105 cm³/mol. The molecule has 4 nitrogen and oxygen atoms in total. The first kappa shape index (κ1) is 18.7. The molecule has 27 heavy (non-hydrogen) atoms. The molecule has 2 heterocycles. The molecule has 0 bridgehead atoms. The molecule has 0 amide bonds. The first-order valence-corrected chi connectivity index (χ1v) is 9.63. The maximum atomic E-state index is 12.2. The van der Waals surface area contributed by atoms with Crippen LogP contribution in [0, 0.1) is 5.92 Å². The Morgan fingerprint density at radius 3 is 2.33 bits per heavy atom. The zero-order valence-electron chi connectivity index (χ0n) is 16.7. The number of rotatable bonds is 2. The van der Waals surface area contributed by atoms with Crippen LogP contribution in [0.1, 0.15) is 46.6 Å². The molecule has 142 valence electrons. The van der Waals surface area contributed by atoms with Crippen LogP contribution in [0.15, 0.2) is 53.5 Å². The molecule has 4 rings (SSSR count). The summed E-state index contributed by atoms with van der Waals surface area (Å²) in [6.45, 7) is 10.7. The fourth-order valence-corrected chi connectivity index (χ4v) is 4.22. The molecule has 1 aromatic carbocycles. The van der Waals surface area contributed by atoms with Crippen molar-refractivity contribution in [3.63, 3.8) is 0 Å². The number of benzene rings is 1. The van der Waals surface area contributed by atoms with Crippen LogP contribution in [0.5, 0.6) is 0 Å². The van der Waals surface area contributed by atoms with E-state index in [-0.39, 0.29) is 11.7 Å². The van der Waals surface area contributed by atoms with Gasteiger partial charge < -0.3 is 14.0 Å². The molecule has 0 N–H and O–H groups in total. The Kier molecular flexibility index (Phi) is 4.26. The van der Waals surface area contributed by atoms with E-state index >= 15 is 0 Å². The minimum absolute atomic E-state index is 0.0311. The molecule has 0 radical (unpaired) electrons. The second kappa shape index (κ2) is 6.16. The van der Waals surface area contributed by atoms with Crippen molar-refractivity contribution in [2.45, 2.75) is 57.8 Å². The summed E-state index contributed by atoms with van der Waals surface area (Å²) in [5.74, 6) is 0.104. The average Bonchev–Trinajstić information content (AvgIpc) is 3.10. The maximum Gasteiger partial charge on any atom is 0.490 e. The Morgan fingerprint density at radius 1 is 1.07 bits per heavy atom. The highest BCUT2D eigenvalue weighted by Crippen LogP contribution is 2.51. The lowest BCUT2D eigenvalue weighted by Gasteiger charge is -2.34. The normalized spacial score (nSPS) is 33.3. The number of hydrogen-bond acceptors (Lipinski definition) is 4. The lowest BCUT2D eigenvalue weighted by Crippen LogP contribution is -2.41. The van der Waals surface area contributed by atoms with Gasteiger partial charge in [-0.05, 0) is 63.4 Å². The van der Waals surface area contributed by atoms with Crippen molar-refractivity contribution in [1.82, 2.24) is 0 Å². The van der Waals surface area contributed by atoms with E-state index in [4.69, 9.17) is 14.0 Å². The van der Waals surface area contributed by atoms with Gasteiger partial charge in [-0.15, -0.1) is 0 Å². The minimum Gasteiger partial charge on any atom is -0.400 e. The van der Waals surface area contributed by atoms with Crippen molar-refractivity contribution < 1.29 is 18.8 Å². The lowest BCUT2D eigenvalue weighted by atomic mass is 9.67. The molecule has 0 saturated carbocycles. The topological polar surface area (TPSA) is 44.8 Å². The summed E-state index contributed by atoms with van der Waals surface area (Å²) in [6, 6.07) is 10.2. The molecule has 0 spiro atoms. The van der Waals surface area contributed by atoms with Crippen molar-refractivity contribution in [2.75, 3.05) is 6.61 Å². The molecular weight excluding hydrogens is 339 g/mol. The third-order valence-corrected chi connectivity index (χ3v) is 6.67. The Labute approximate surface area is 161 Å². The van der Waals surface area contributed by atoms with E-state index in [1.807, 2.05) is 31.2 Å². The van der Waals surface area contributed by atoms with E-state index in [0.717, 1.165) is 16.6 Å². The van der Waals surface area contributed by atoms with Crippen LogP contribution in [-0.2, 0) is 24.4 Å². The van der Waals surface area contributed by atoms with Gasteiger partial charge in [0.05, 0.1) is 17.8 Å². The van der Waals surface area contributed by atoms with Crippen LogP contribution >= 0.6 is 0 Å². The Morgan fingerprint density at radius 2 is 1.70 bits per heavy atom. The van der Waals surface area contributed by atoms with E-state index in [0.29, 0.717) is 13.0 Å². The number of carbonyl (C=O) groups excluding carboxylic acids is 1. The summed E-state index contributed by atoms with van der Waals surface area (Å²) in [4.78, 5) is 12.2. The third kappa shape index (κ3) is 2.84. The largest absolute Gasteiger partial charge is 0.490 e. The number of carbonyl (C=O) groups is 1. The monoisotopic (exact) mass is 366 g/mol. The predicted octanol–water partition coefficient (Wildman–Crippen LogP) is 4.01. The molecule has 2 atom stereocenters. The number of ether oxygens (including phenoxy) is 1. The fraction of sp³-hybridized carbons (Fsp3) is 0.500. The molecular formula is C22H27BO4. The quantitative estimate of drug-likeness (QED) is 0.742. The van der Waals surface area contributed by atoms with E-state index in [2.05, 4.69) is 39.8 Å². The lowest BCUT2D eigenvalue weighted by molar-refractivity contribution is -0.117. The second-order valence-electron chi connectivity index (χ2n) is 8.80. The smallest absolute Gasteiger partial charge is 0.400 e. The van der Waals surface area contributed by atoms with Crippen LogP contribution in [-0.4, -0.2) is 30.7 Å². The van der Waals surface area contributed by atoms with E-state index in [1.54, 1.807) is 6.08 Å². The van der Waals surface area contributed by atoms with Gasteiger partial charge in [0.25, 0.3) is 0 Å². The van der Waals surface area contributed by atoms with Gasteiger partial charge in [0, 0.05) is 12.3 Å². The van der Waals surface area contributed by atoms with Crippen molar-refractivity contribution in [2.24, 2.45) is 5.92 Å². The van der Waals surface area contributed by atoms with E-state index in [1.165, 1.54) is 0 Å². The highest BCUT2D eigenvalue weighted by atomic mass is 16.7. The van der Waals surface area contributed by atoms with Gasteiger partial charge in [-0.3, -0.25) is 4.79 Å². The zero-order chi connectivity index (χ0) is 19.4. The first-order valence-electron chi connectivity index (χ1n) is 9.63. The molecule has 1 aliphatic carbocycles. The number of allylic oxidation sites excluding steroid dienone is 2. The summed E-state index contributed by atoms with van der Waals surface area (Å²) in [6.07, 6.45) is 4.04. The van der Waals surface area contributed by atoms with Crippen molar-refractivity contribution in [3.05, 3.63) is 59.1 Å². The van der Waals surface area contributed by atoms with Gasteiger partial charge in [-0.2, -0.15) is 0 Å². The molecule has 0 aromatic heterocycles. The van der Waals surface area contributed by atoms with Crippen LogP contribution in [0.4, 0.5) is 0 Å². The summed E-state index contributed by atoms with van der Waals surface area (Å²) < 4.78 is 18.9. The molecule has 2 saturated heterocycles. The van der Waals surface area contributed by atoms with E-state index < -0.39 is 23.9 Å². The van der Waals surface area contributed by atoms with Crippen LogP contribution < -0.4 is 0 Å². The third-order valence-electron chi connectivity index (χ3n) is 6.67. The van der Waals surface area contributed by atoms with E-state index in [9.17, 15) is 4.79 Å². The Balaban J connectivity index is 1.75. The van der Waals surface area contributed by atoms with Crippen molar-refractivity contribution >= 4 is 12.9 Å². The van der Waals surface area contributed by atoms with Crippen molar-refractivity contribution in [3.8, 4) is 0 Å². The zero-order valence-corrected chi connectivity index (χ0v) is 16.7. The minimum atomic E-state index is -0.588. The van der Waals surface area contributed by atoms with Gasteiger partial charge in [0.1, 0.15) is 5.60 Å². The number of ketones is 1. The highest BCUT2D eigenvalue weighted by molar-refractivity contribution is 6.54. The average molecular weight is 366 g/mol. The SMILES string of the molecule is C/C(B1OC(C)(C)C(C)(C)O1)=C1\CO[C@@]2(c3ccccc3)C=CC(=O)C[C@@H]12. The van der Waals surface area contributed by atoms with Crippen LogP contribution in [0.2, 0.25) is 0 Å². The molecule has 3 aliphatic rings.